The van der Waals surface area contributed by atoms with Crippen LogP contribution in [0.5, 0.6) is 0 Å². The molecule has 17 heavy (non-hydrogen) atoms. The third-order valence-corrected chi connectivity index (χ3v) is 4.26. The Morgan fingerprint density at radius 3 is 3.12 bits per heavy atom. The molecule has 1 fully saturated rings. The van der Waals surface area contributed by atoms with E-state index in [0.717, 1.165) is 28.2 Å². The van der Waals surface area contributed by atoms with E-state index in [4.69, 9.17) is 0 Å². The predicted octanol–water partition coefficient (Wildman–Crippen LogP) is 2.47. The predicted molar refractivity (Wildman–Crippen MR) is 71.3 cm³/mol. The van der Waals surface area contributed by atoms with Gasteiger partial charge in [-0.15, -0.1) is 11.8 Å². The second-order valence-corrected chi connectivity index (χ2v) is 5.31. The van der Waals surface area contributed by atoms with Gasteiger partial charge in [-0.05, 0) is 25.5 Å². The number of rotatable bonds is 3. The van der Waals surface area contributed by atoms with E-state index in [1.807, 2.05) is 30.0 Å². The quantitative estimate of drug-likeness (QED) is 0.666. The molecule has 1 aromatic carbocycles. The summed E-state index contributed by atoms with van der Waals surface area (Å²) in [7, 11) is 0. The summed E-state index contributed by atoms with van der Waals surface area (Å²) in [6.45, 7) is 1.16. The van der Waals surface area contributed by atoms with Gasteiger partial charge >= 0.3 is 0 Å². The van der Waals surface area contributed by atoms with Crippen molar-refractivity contribution in [3.05, 3.63) is 30.6 Å². The standard InChI is InChI=1S/C13H15N3S/c1-2-6-12-11(5-1)13(16-9-15-12)17-8-10-4-3-7-14-10/h1-2,5-6,9-10,14H,3-4,7-8H2. The summed E-state index contributed by atoms with van der Waals surface area (Å²) in [4.78, 5) is 8.67. The van der Waals surface area contributed by atoms with E-state index in [2.05, 4.69) is 21.4 Å². The first-order valence-corrected chi connectivity index (χ1v) is 6.98. The van der Waals surface area contributed by atoms with Crippen LogP contribution in [0.3, 0.4) is 0 Å². The third kappa shape index (κ3) is 2.42. The number of para-hydroxylation sites is 1. The fraction of sp³-hybridized carbons (Fsp3) is 0.385. The van der Waals surface area contributed by atoms with Gasteiger partial charge in [0.2, 0.25) is 0 Å². The number of benzene rings is 1. The molecule has 1 N–H and O–H groups in total. The zero-order valence-electron chi connectivity index (χ0n) is 9.60. The molecule has 0 spiro atoms. The van der Waals surface area contributed by atoms with Crippen molar-refractivity contribution in [3.63, 3.8) is 0 Å². The monoisotopic (exact) mass is 245 g/mol. The topological polar surface area (TPSA) is 37.8 Å². The lowest BCUT2D eigenvalue weighted by Crippen LogP contribution is -2.23. The lowest BCUT2D eigenvalue weighted by molar-refractivity contribution is 0.674. The van der Waals surface area contributed by atoms with Crippen molar-refractivity contribution in [2.75, 3.05) is 12.3 Å². The van der Waals surface area contributed by atoms with E-state index in [0.29, 0.717) is 6.04 Å². The molecule has 1 aromatic heterocycles. The molecule has 4 heteroatoms. The molecule has 3 rings (SSSR count). The fourth-order valence-corrected chi connectivity index (χ4v) is 3.27. The molecule has 1 atom stereocenters. The Bertz CT molecular complexity index is 503. The summed E-state index contributed by atoms with van der Waals surface area (Å²) in [6, 6.07) is 8.84. The van der Waals surface area contributed by atoms with E-state index in [1.165, 1.54) is 12.8 Å². The summed E-state index contributed by atoms with van der Waals surface area (Å²) < 4.78 is 0. The third-order valence-electron chi connectivity index (χ3n) is 3.09. The number of hydrogen-bond donors (Lipinski definition) is 1. The normalized spacial score (nSPS) is 19.9. The summed E-state index contributed by atoms with van der Waals surface area (Å²) in [5, 5.41) is 5.78. The van der Waals surface area contributed by atoms with Crippen molar-refractivity contribution in [1.29, 1.82) is 0 Å². The van der Waals surface area contributed by atoms with Crippen molar-refractivity contribution >= 4 is 22.7 Å². The van der Waals surface area contributed by atoms with Gasteiger partial charge in [-0.25, -0.2) is 9.97 Å². The number of hydrogen-bond acceptors (Lipinski definition) is 4. The summed E-state index contributed by atoms with van der Waals surface area (Å²) >= 11 is 1.83. The van der Waals surface area contributed by atoms with Crippen LogP contribution < -0.4 is 5.32 Å². The average Bonchev–Trinajstić information content (AvgIpc) is 2.89. The van der Waals surface area contributed by atoms with E-state index in [9.17, 15) is 0 Å². The van der Waals surface area contributed by atoms with Crippen LogP contribution >= 0.6 is 11.8 Å². The van der Waals surface area contributed by atoms with Gasteiger partial charge in [0.1, 0.15) is 11.4 Å². The molecule has 1 unspecified atom stereocenters. The van der Waals surface area contributed by atoms with Gasteiger partial charge in [-0.2, -0.15) is 0 Å². The van der Waals surface area contributed by atoms with Crippen molar-refractivity contribution < 1.29 is 0 Å². The molecule has 2 aromatic rings. The number of nitrogens with one attached hydrogen (secondary N) is 1. The van der Waals surface area contributed by atoms with Crippen LogP contribution in [0, 0.1) is 0 Å². The van der Waals surface area contributed by atoms with Gasteiger partial charge in [-0.3, -0.25) is 0 Å². The smallest absolute Gasteiger partial charge is 0.117 e. The van der Waals surface area contributed by atoms with Crippen molar-refractivity contribution in [2.24, 2.45) is 0 Å². The summed E-state index contributed by atoms with van der Waals surface area (Å²) in [5.74, 6) is 1.10. The Kier molecular flexibility index (Phi) is 3.25. The maximum Gasteiger partial charge on any atom is 0.117 e. The summed E-state index contributed by atoms with van der Waals surface area (Å²) in [5.41, 5.74) is 1.03. The van der Waals surface area contributed by atoms with Crippen LogP contribution in [0.4, 0.5) is 0 Å². The molecule has 2 heterocycles. The first kappa shape index (κ1) is 11.0. The van der Waals surface area contributed by atoms with Crippen LogP contribution in [0.25, 0.3) is 10.9 Å². The average molecular weight is 245 g/mol. The second-order valence-electron chi connectivity index (χ2n) is 4.30. The Morgan fingerprint density at radius 2 is 2.24 bits per heavy atom. The van der Waals surface area contributed by atoms with Crippen LogP contribution in [-0.2, 0) is 0 Å². The van der Waals surface area contributed by atoms with E-state index >= 15 is 0 Å². The maximum absolute atomic E-state index is 4.39. The van der Waals surface area contributed by atoms with Crippen molar-refractivity contribution in [2.45, 2.75) is 23.9 Å². The number of nitrogens with zero attached hydrogens (tertiary/aromatic N) is 2. The molecular formula is C13H15N3S. The Balaban J connectivity index is 1.79. The zero-order chi connectivity index (χ0) is 11.5. The molecule has 0 amide bonds. The maximum atomic E-state index is 4.39. The highest BCUT2D eigenvalue weighted by molar-refractivity contribution is 7.99. The van der Waals surface area contributed by atoms with Gasteiger partial charge in [0.25, 0.3) is 0 Å². The zero-order valence-corrected chi connectivity index (χ0v) is 10.4. The lowest BCUT2D eigenvalue weighted by atomic mass is 10.2. The van der Waals surface area contributed by atoms with E-state index < -0.39 is 0 Å². The van der Waals surface area contributed by atoms with Gasteiger partial charge < -0.3 is 5.32 Å². The minimum absolute atomic E-state index is 0.647. The molecule has 0 aliphatic carbocycles. The number of thioether (sulfide) groups is 1. The second kappa shape index (κ2) is 5.02. The van der Waals surface area contributed by atoms with Crippen LogP contribution in [-0.4, -0.2) is 28.3 Å². The number of fused-ring (bicyclic) bond motifs is 1. The summed E-state index contributed by atoms with van der Waals surface area (Å²) in [6.07, 6.45) is 4.25. The van der Waals surface area contributed by atoms with E-state index in [-0.39, 0.29) is 0 Å². The van der Waals surface area contributed by atoms with Crippen molar-refractivity contribution in [1.82, 2.24) is 15.3 Å². The molecule has 0 bridgehead atoms. The molecule has 1 aliphatic heterocycles. The van der Waals surface area contributed by atoms with Gasteiger partial charge in [0.05, 0.1) is 5.52 Å². The fourth-order valence-electron chi connectivity index (χ4n) is 2.17. The molecule has 0 radical (unpaired) electrons. The highest BCUT2D eigenvalue weighted by Crippen LogP contribution is 2.25. The molecular weight excluding hydrogens is 230 g/mol. The minimum atomic E-state index is 0.647. The first-order chi connectivity index (χ1) is 8.43. The minimum Gasteiger partial charge on any atom is -0.313 e. The lowest BCUT2D eigenvalue weighted by Gasteiger charge is -2.09. The van der Waals surface area contributed by atoms with Crippen molar-refractivity contribution in [3.8, 4) is 0 Å². The highest BCUT2D eigenvalue weighted by Gasteiger charge is 2.15. The van der Waals surface area contributed by atoms with Gasteiger partial charge in [0, 0.05) is 17.2 Å². The SMILES string of the molecule is c1ccc2c(SCC3CCCN3)ncnc2c1. The van der Waals surface area contributed by atoms with Crippen LogP contribution in [0.1, 0.15) is 12.8 Å². The molecule has 1 saturated heterocycles. The van der Waals surface area contributed by atoms with Crippen LogP contribution in [0.2, 0.25) is 0 Å². The van der Waals surface area contributed by atoms with Gasteiger partial charge in [0.15, 0.2) is 0 Å². The highest BCUT2D eigenvalue weighted by atomic mass is 32.2. The molecule has 1 aliphatic rings. The largest absolute Gasteiger partial charge is 0.313 e. The van der Waals surface area contributed by atoms with E-state index in [1.54, 1.807) is 6.33 Å². The molecule has 88 valence electrons. The first-order valence-electron chi connectivity index (χ1n) is 5.99. The Hall–Kier alpha value is -1.13. The van der Waals surface area contributed by atoms with Crippen LogP contribution in [0.15, 0.2) is 35.6 Å². The Morgan fingerprint density at radius 1 is 1.29 bits per heavy atom. The molecule has 3 nitrogen and oxygen atoms in total. The number of aromatic nitrogens is 2. The Labute approximate surface area is 105 Å². The molecule has 0 saturated carbocycles. The van der Waals surface area contributed by atoms with Gasteiger partial charge in [-0.1, -0.05) is 18.2 Å².